The highest BCUT2D eigenvalue weighted by Gasteiger charge is 2.18. The minimum absolute atomic E-state index is 0.0730. The molecule has 178 valence electrons. The van der Waals surface area contributed by atoms with Gasteiger partial charge in [-0.15, -0.1) is 0 Å². The molecule has 4 rings (SSSR count). The average molecular weight is 469 g/mol. The first-order valence-electron chi connectivity index (χ1n) is 11.0. The zero-order valence-electron chi connectivity index (χ0n) is 18.5. The number of hydrogen-bond donors (Lipinski definition) is 2. The largest absolute Gasteiger partial charge is 0.465 e. The van der Waals surface area contributed by atoms with Crippen LogP contribution in [0.15, 0.2) is 59.4 Å². The topological polar surface area (TPSA) is 90.7 Å². The van der Waals surface area contributed by atoms with Crippen LogP contribution < -0.4 is 15.8 Å². The number of halogens is 2. The molecule has 1 aromatic heterocycles. The summed E-state index contributed by atoms with van der Waals surface area (Å²) >= 11 is 0. The van der Waals surface area contributed by atoms with E-state index in [2.05, 4.69) is 15.3 Å². The summed E-state index contributed by atoms with van der Waals surface area (Å²) in [6.07, 6.45) is -1.06. The van der Waals surface area contributed by atoms with Gasteiger partial charge in [0.2, 0.25) is 0 Å². The van der Waals surface area contributed by atoms with Gasteiger partial charge in [-0.3, -0.25) is 14.6 Å². The molecule has 2 aromatic carbocycles. The molecule has 2 N–H and O–H groups in total. The lowest BCUT2D eigenvalue weighted by Gasteiger charge is -2.29. The van der Waals surface area contributed by atoms with Gasteiger partial charge in [0, 0.05) is 62.7 Å². The minimum Gasteiger partial charge on any atom is -0.465 e. The number of aromatic nitrogens is 2. The van der Waals surface area contributed by atoms with Crippen molar-refractivity contribution in [2.45, 2.75) is 6.54 Å². The molecule has 1 aliphatic rings. The number of benzene rings is 2. The van der Waals surface area contributed by atoms with E-state index in [1.807, 2.05) is 0 Å². The molecule has 0 aliphatic carbocycles. The van der Waals surface area contributed by atoms with Gasteiger partial charge in [-0.1, -0.05) is 12.1 Å². The third kappa shape index (κ3) is 5.83. The predicted molar refractivity (Wildman–Crippen MR) is 124 cm³/mol. The number of anilines is 1. The van der Waals surface area contributed by atoms with Crippen molar-refractivity contribution in [1.82, 2.24) is 20.0 Å². The zero-order valence-corrected chi connectivity index (χ0v) is 18.5. The molecule has 0 radical (unpaired) electrons. The smallest absolute Gasteiger partial charge is 0.411 e. The zero-order chi connectivity index (χ0) is 24.1. The minimum atomic E-state index is -1.06. The Morgan fingerprint density at radius 2 is 1.79 bits per heavy atom. The number of nitrogens with one attached hydrogen (secondary N) is 1. The first-order valence-corrected chi connectivity index (χ1v) is 11.0. The molecule has 1 amide bonds. The lowest BCUT2D eigenvalue weighted by Crippen LogP contribution is -2.47. The Labute approximate surface area is 195 Å². The predicted octanol–water partition coefficient (Wildman–Crippen LogP) is 2.63. The summed E-state index contributed by atoms with van der Waals surface area (Å²) in [5.41, 5.74) is 1.24. The molecule has 0 unspecified atom stereocenters. The summed E-state index contributed by atoms with van der Waals surface area (Å²) in [5, 5.41) is 17.3. The van der Waals surface area contributed by atoms with Gasteiger partial charge in [-0.2, -0.15) is 5.10 Å². The molecule has 1 saturated heterocycles. The number of piperazine rings is 1. The Hall–Kier alpha value is -3.63. The normalized spacial score (nSPS) is 14.2. The van der Waals surface area contributed by atoms with Gasteiger partial charge in [0.15, 0.2) is 0 Å². The van der Waals surface area contributed by atoms with Crippen molar-refractivity contribution in [2.75, 3.05) is 44.2 Å². The fourth-order valence-electron chi connectivity index (χ4n) is 3.92. The summed E-state index contributed by atoms with van der Waals surface area (Å²) in [6.45, 7) is 4.51. The number of carboxylic acid groups (broad SMARTS) is 1. The van der Waals surface area contributed by atoms with Crippen molar-refractivity contribution in [1.29, 1.82) is 0 Å². The Morgan fingerprint density at radius 1 is 1.06 bits per heavy atom. The molecule has 8 nitrogen and oxygen atoms in total. The third-order valence-electron chi connectivity index (χ3n) is 5.66. The molecule has 0 spiro atoms. The molecule has 0 atom stereocenters. The average Bonchev–Trinajstić information content (AvgIpc) is 2.81. The van der Waals surface area contributed by atoms with E-state index in [1.54, 1.807) is 24.3 Å². The summed E-state index contributed by atoms with van der Waals surface area (Å²) in [5.74, 6) is -1.48. The summed E-state index contributed by atoms with van der Waals surface area (Å²) < 4.78 is 28.4. The van der Waals surface area contributed by atoms with E-state index in [9.17, 15) is 23.5 Å². The molecule has 3 aromatic rings. The quantitative estimate of drug-likeness (QED) is 0.553. The Kier molecular flexibility index (Phi) is 7.29. The Balaban J connectivity index is 1.54. The van der Waals surface area contributed by atoms with Gasteiger partial charge < -0.3 is 10.4 Å². The van der Waals surface area contributed by atoms with E-state index >= 15 is 0 Å². The molecule has 10 heteroatoms. The standard InChI is InChI=1S/C24H25F2N5O3/c25-19-13-18(14-20(26)15-19)22-4-5-23(32)31(28-22)16-17-2-1-3-21(12-17)30(24(33)34)11-10-29-8-6-27-7-9-29/h1-5,12-15,27H,6-11,16H2,(H,33,34). The van der Waals surface area contributed by atoms with Crippen LogP contribution in [0.1, 0.15) is 5.56 Å². The van der Waals surface area contributed by atoms with Crippen LogP contribution in [-0.4, -0.2) is 65.1 Å². The van der Waals surface area contributed by atoms with Crippen molar-refractivity contribution < 1.29 is 18.7 Å². The summed E-state index contributed by atoms with van der Waals surface area (Å²) in [7, 11) is 0. The van der Waals surface area contributed by atoms with Crippen LogP contribution in [0, 0.1) is 11.6 Å². The molecular weight excluding hydrogens is 444 g/mol. The monoisotopic (exact) mass is 469 g/mol. The maximum absolute atomic E-state index is 13.6. The van der Waals surface area contributed by atoms with Gasteiger partial charge in [0.25, 0.3) is 5.56 Å². The van der Waals surface area contributed by atoms with Crippen LogP contribution in [0.3, 0.4) is 0 Å². The second kappa shape index (κ2) is 10.5. The molecule has 0 saturated carbocycles. The number of nitrogens with zero attached hydrogens (tertiary/aromatic N) is 4. The highest BCUT2D eigenvalue weighted by atomic mass is 19.1. The van der Waals surface area contributed by atoms with E-state index in [1.165, 1.54) is 21.7 Å². The Morgan fingerprint density at radius 3 is 2.50 bits per heavy atom. The van der Waals surface area contributed by atoms with Gasteiger partial charge in [-0.05, 0) is 35.9 Å². The van der Waals surface area contributed by atoms with Gasteiger partial charge in [-0.25, -0.2) is 18.3 Å². The first kappa shape index (κ1) is 23.5. The maximum Gasteiger partial charge on any atom is 0.411 e. The fraction of sp³-hybridized carbons (Fsp3) is 0.292. The van der Waals surface area contributed by atoms with Crippen molar-refractivity contribution in [2.24, 2.45) is 0 Å². The molecule has 1 aliphatic heterocycles. The first-order chi connectivity index (χ1) is 16.4. The van der Waals surface area contributed by atoms with Gasteiger partial charge in [0.1, 0.15) is 11.6 Å². The molecule has 2 heterocycles. The van der Waals surface area contributed by atoms with E-state index in [-0.39, 0.29) is 23.4 Å². The molecule has 1 fully saturated rings. The number of carbonyl (C=O) groups is 1. The molecule has 0 bridgehead atoms. The fourth-order valence-corrected chi connectivity index (χ4v) is 3.92. The van der Waals surface area contributed by atoms with Crippen molar-refractivity contribution in [3.05, 3.63) is 82.1 Å². The lowest BCUT2D eigenvalue weighted by atomic mass is 10.1. The number of hydrogen-bond acceptors (Lipinski definition) is 5. The van der Waals surface area contributed by atoms with E-state index in [0.29, 0.717) is 24.3 Å². The van der Waals surface area contributed by atoms with Gasteiger partial charge >= 0.3 is 6.09 Å². The third-order valence-corrected chi connectivity index (χ3v) is 5.66. The summed E-state index contributed by atoms with van der Waals surface area (Å²) in [4.78, 5) is 27.8. The van der Waals surface area contributed by atoms with E-state index in [4.69, 9.17) is 0 Å². The van der Waals surface area contributed by atoms with Crippen LogP contribution in [0.2, 0.25) is 0 Å². The molecular formula is C24H25F2N5O3. The van der Waals surface area contributed by atoms with E-state index < -0.39 is 17.7 Å². The van der Waals surface area contributed by atoms with Crippen molar-refractivity contribution >= 4 is 11.8 Å². The number of rotatable bonds is 7. The highest BCUT2D eigenvalue weighted by molar-refractivity contribution is 5.86. The SMILES string of the molecule is O=C(O)N(CCN1CCNCC1)c1cccc(Cn2nc(-c3cc(F)cc(F)c3)ccc2=O)c1. The Bertz CT molecular complexity index is 1210. The summed E-state index contributed by atoms with van der Waals surface area (Å²) in [6, 6.07) is 12.6. The van der Waals surface area contributed by atoms with Crippen LogP contribution in [0.4, 0.5) is 19.3 Å². The van der Waals surface area contributed by atoms with Crippen molar-refractivity contribution in [3.8, 4) is 11.3 Å². The second-order valence-electron chi connectivity index (χ2n) is 8.07. The van der Waals surface area contributed by atoms with Crippen LogP contribution in [0.5, 0.6) is 0 Å². The number of amides is 1. The lowest BCUT2D eigenvalue weighted by molar-refractivity contribution is 0.198. The van der Waals surface area contributed by atoms with Crippen molar-refractivity contribution in [3.63, 3.8) is 0 Å². The molecule has 34 heavy (non-hydrogen) atoms. The second-order valence-corrected chi connectivity index (χ2v) is 8.07. The van der Waals surface area contributed by atoms with E-state index in [0.717, 1.165) is 44.4 Å². The van der Waals surface area contributed by atoms with Crippen LogP contribution >= 0.6 is 0 Å². The van der Waals surface area contributed by atoms with Crippen LogP contribution in [-0.2, 0) is 6.54 Å². The maximum atomic E-state index is 13.6. The van der Waals surface area contributed by atoms with Gasteiger partial charge in [0.05, 0.1) is 12.2 Å². The highest BCUT2D eigenvalue weighted by Crippen LogP contribution is 2.20. The van der Waals surface area contributed by atoms with Crippen LogP contribution in [0.25, 0.3) is 11.3 Å².